The minimum Gasteiger partial charge on any atom is -0.417 e. The molecule has 0 aliphatic rings. The minimum absolute atomic E-state index is 0.404. The van der Waals surface area contributed by atoms with Crippen LogP contribution in [0.3, 0.4) is 0 Å². The Balaban J connectivity index is 3.75. The summed E-state index contributed by atoms with van der Waals surface area (Å²) in [5.74, 6) is 0. The maximum atomic E-state index is 5.88. The van der Waals surface area contributed by atoms with Crippen LogP contribution in [-0.2, 0) is 4.43 Å². The van der Waals surface area contributed by atoms with Crippen molar-refractivity contribution >= 4 is 9.04 Å². The van der Waals surface area contributed by atoms with Crippen molar-refractivity contribution in [2.45, 2.75) is 38.5 Å². The van der Waals surface area contributed by atoms with Crippen molar-refractivity contribution in [1.82, 2.24) is 0 Å². The van der Waals surface area contributed by atoms with Gasteiger partial charge in [0.25, 0.3) is 0 Å². The average Bonchev–Trinajstić information content (AvgIpc) is 2.05. The SMILES string of the molecule is C=CC[SiH](CC=C)OC(C)CC. The zero-order valence-corrected chi connectivity index (χ0v) is 9.41. The van der Waals surface area contributed by atoms with Crippen LogP contribution in [0.2, 0.25) is 12.1 Å². The van der Waals surface area contributed by atoms with Crippen molar-refractivity contribution in [3.8, 4) is 0 Å². The summed E-state index contributed by atoms with van der Waals surface area (Å²) < 4.78 is 5.88. The monoisotopic (exact) mass is 184 g/mol. The van der Waals surface area contributed by atoms with Gasteiger partial charge in [-0.05, 0) is 25.4 Å². The van der Waals surface area contributed by atoms with Gasteiger partial charge in [0.2, 0.25) is 0 Å². The van der Waals surface area contributed by atoms with E-state index in [2.05, 4.69) is 27.0 Å². The Morgan fingerprint density at radius 2 is 1.83 bits per heavy atom. The van der Waals surface area contributed by atoms with Gasteiger partial charge in [-0.25, -0.2) is 0 Å². The predicted octanol–water partition coefficient (Wildman–Crippen LogP) is 2.90. The van der Waals surface area contributed by atoms with E-state index in [0.29, 0.717) is 6.10 Å². The summed E-state index contributed by atoms with van der Waals surface area (Å²) in [5, 5.41) is 0. The largest absolute Gasteiger partial charge is 0.417 e. The van der Waals surface area contributed by atoms with Crippen LogP contribution in [0.1, 0.15) is 20.3 Å². The first-order valence-corrected chi connectivity index (χ1v) is 6.72. The van der Waals surface area contributed by atoms with Crippen molar-refractivity contribution < 1.29 is 4.43 Å². The van der Waals surface area contributed by atoms with Gasteiger partial charge in [0.15, 0.2) is 9.04 Å². The molecule has 0 aromatic rings. The average molecular weight is 184 g/mol. The Bertz CT molecular complexity index is 124. The minimum atomic E-state index is -1.05. The molecule has 2 heteroatoms. The molecule has 0 saturated carbocycles. The molecule has 1 atom stereocenters. The van der Waals surface area contributed by atoms with Crippen molar-refractivity contribution in [3.05, 3.63) is 25.3 Å². The Morgan fingerprint density at radius 1 is 1.33 bits per heavy atom. The van der Waals surface area contributed by atoms with Crippen LogP contribution in [0, 0.1) is 0 Å². The van der Waals surface area contributed by atoms with Gasteiger partial charge in [0.1, 0.15) is 0 Å². The molecular weight excluding hydrogens is 164 g/mol. The van der Waals surface area contributed by atoms with Crippen LogP contribution in [0.15, 0.2) is 25.3 Å². The molecule has 1 unspecified atom stereocenters. The molecule has 0 saturated heterocycles. The van der Waals surface area contributed by atoms with Gasteiger partial charge in [0.05, 0.1) is 0 Å². The highest BCUT2D eigenvalue weighted by Gasteiger charge is 2.10. The first kappa shape index (κ1) is 11.7. The topological polar surface area (TPSA) is 9.23 Å². The van der Waals surface area contributed by atoms with Gasteiger partial charge in [-0.1, -0.05) is 19.1 Å². The van der Waals surface area contributed by atoms with Crippen molar-refractivity contribution in [2.75, 3.05) is 0 Å². The summed E-state index contributed by atoms with van der Waals surface area (Å²) in [6.07, 6.45) is 5.42. The van der Waals surface area contributed by atoms with Crippen LogP contribution in [-0.4, -0.2) is 15.1 Å². The van der Waals surface area contributed by atoms with Crippen LogP contribution in [0.4, 0.5) is 0 Å². The molecule has 0 N–H and O–H groups in total. The Hall–Kier alpha value is -0.343. The number of allylic oxidation sites excluding steroid dienone is 2. The fraction of sp³-hybridized carbons (Fsp3) is 0.600. The van der Waals surface area contributed by atoms with Gasteiger partial charge in [-0.15, -0.1) is 13.2 Å². The lowest BCUT2D eigenvalue weighted by Crippen LogP contribution is -2.22. The Kier molecular flexibility index (Phi) is 7.10. The molecule has 1 nitrogen and oxygen atoms in total. The van der Waals surface area contributed by atoms with E-state index in [0.717, 1.165) is 18.5 Å². The van der Waals surface area contributed by atoms with Crippen LogP contribution in [0.25, 0.3) is 0 Å². The Morgan fingerprint density at radius 3 is 2.17 bits per heavy atom. The summed E-state index contributed by atoms with van der Waals surface area (Å²) in [7, 11) is -1.05. The van der Waals surface area contributed by atoms with Crippen molar-refractivity contribution in [2.24, 2.45) is 0 Å². The van der Waals surface area contributed by atoms with E-state index in [-0.39, 0.29) is 0 Å². The molecule has 0 spiro atoms. The van der Waals surface area contributed by atoms with Gasteiger partial charge in [0, 0.05) is 6.10 Å². The quantitative estimate of drug-likeness (QED) is 0.437. The maximum Gasteiger partial charge on any atom is 0.184 e. The van der Waals surface area contributed by atoms with Gasteiger partial charge in [-0.3, -0.25) is 0 Å². The lowest BCUT2D eigenvalue weighted by atomic mass is 10.3. The second-order valence-corrected chi connectivity index (χ2v) is 5.48. The summed E-state index contributed by atoms with van der Waals surface area (Å²) in [5.41, 5.74) is 0. The fourth-order valence-electron chi connectivity index (χ4n) is 1.00. The molecule has 0 amide bonds. The molecule has 0 heterocycles. The zero-order chi connectivity index (χ0) is 9.40. The molecule has 0 rings (SSSR count). The lowest BCUT2D eigenvalue weighted by molar-refractivity contribution is 0.218. The molecular formula is C10H20OSi. The van der Waals surface area contributed by atoms with Crippen LogP contribution in [0.5, 0.6) is 0 Å². The lowest BCUT2D eigenvalue weighted by Gasteiger charge is -2.18. The fourth-order valence-corrected chi connectivity index (χ4v) is 3.01. The van der Waals surface area contributed by atoms with Gasteiger partial charge < -0.3 is 4.43 Å². The smallest absolute Gasteiger partial charge is 0.184 e. The van der Waals surface area contributed by atoms with E-state index in [1.807, 2.05) is 12.2 Å². The number of hydrogen-bond acceptors (Lipinski definition) is 1. The maximum absolute atomic E-state index is 5.88. The van der Waals surface area contributed by atoms with Crippen LogP contribution >= 0.6 is 0 Å². The molecule has 12 heavy (non-hydrogen) atoms. The second kappa shape index (κ2) is 7.31. The summed E-state index contributed by atoms with van der Waals surface area (Å²) >= 11 is 0. The first-order valence-electron chi connectivity index (χ1n) is 4.61. The van der Waals surface area contributed by atoms with E-state index < -0.39 is 9.04 Å². The summed E-state index contributed by atoms with van der Waals surface area (Å²) in [6.45, 7) is 11.8. The molecule has 0 aliphatic carbocycles. The molecule has 0 aliphatic heterocycles. The second-order valence-electron chi connectivity index (χ2n) is 3.03. The van der Waals surface area contributed by atoms with Gasteiger partial charge >= 0.3 is 0 Å². The third-order valence-electron chi connectivity index (χ3n) is 1.86. The van der Waals surface area contributed by atoms with E-state index in [1.54, 1.807) is 0 Å². The van der Waals surface area contributed by atoms with E-state index in [1.165, 1.54) is 0 Å². The normalized spacial score (nSPS) is 12.9. The standard InChI is InChI=1S/C10H20OSi/c1-5-8-12(9-6-2)11-10(4)7-3/h5-6,10,12H,1-2,7-9H2,3-4H3. The zero-order valence-electron chi connectivity index (χ0n) is 8.25. The number of hydrogen-bond donors (Lipinski definition) is 0. The Labute approximate surface area is 77.9 Å². The third-order valence-corrected chi connectivity index (χ3v) is 4.43. The molecule has 0 aromatic carbocycles. The summed E-state index contributed by atoms with van der Waals surface area (Å²) in [6, 6.07) is 2.10. The first-order chi connectivity index (χ1) is 5.74. The van der Waals surface area contributed by atoms with Crippen LogP contribution < -0.4 is 0 Å². The van der Waals surface area contributed by atoms with E-state index >= 15 is 0 Å². The molecule has 0 aromatic heterocycles. The predicted molar refractivity (Wildman–Crippen MR) is 58.0 cm³/mol. The van der Waals surface area contributed by atoms with Gasteiger partial charge in [-0.2, -0.15) is 0 Å². The molecule has 0 fully saturated rings. The van der Waals surface area contributed by atoms with E-state index in [4.69, 9.17) is 4.43 Å². The molecule has 70 valence electrons. The highest BCUT2D eigenvalue weighted by molar-refractivity contribution is 6.52. The molecule has 0 radical (unpaired) electrons. The van der Waals surface area contributed by atoms with Crippen molar-refractivity contribution in [1.29, 1.82) is 0 Å². The molecule has 0 bridgehead atoms. The summed E-state index contributed by atoms with van der Waals surface area (Å²) in [4.78, 5) is 0. The number of rotatable bonds is 7. The van der Waals surface area contributed by atoms with E-state index in [9.17, 15) is 0 Å². The van der Waals surface area contributed by atoms with Crippen molar-refractivity contribution in [3.63, 3.8) is 0 Å². The third kappa shape index (κ3) is 5.33. The highest BCUT2D eigenvalue weighted by atomic mass is 28.3. The highest BCUT2D eigenvalue weighted by Crippen LogP contribution is 2.08.